The first kappa shape index (κ1) is 25.3. The number of nitrogens with one attached hydrogen (secondary N) is 3. The highest BCUT2D eigenvalue weighted by molar-refractivity contribution is 6.33. The molecule has 3 N–H and O–H groups in total. The molecular formula is C27H29ClN6O2. The van der Waals surface area contributed by atoms with Crippen LogP contribution in [-0.2, 0) is 5.41 Å². The predicted molar refractivity (Wildman–Crippen MR) is 140 cm³/mol. The summed E-state index contributed by atoms with van der Waals surface area (Å²) in [4.78, 5) is 17.2. The molecule has 1 aliphatic carbocycles. The van der Waals surface area contributed by atoms with E-state index in [1.165, 1.54) is 5.56 Å². The van der Waals surface area contributed by atoms with E-state index in [-0.39, 0.29) is 17.4 Å². The second kappa shape index (κ2) is 11.3. The van der Waals surface area contributed by atoms with Gasteiger partial charge in [0.05, 0.1) is 5.02 Å². The molecule has 0 atom stereocenters. The van der Waals surface area contributed by atoms with Crippen LogP contribution in [0, 0.1) is 18.4 Å². The van der Waals surface area contributed by atoms with Gasteiger partial charge in [0, 0.05) is 30.6 Å². The van der Waals surface area contributed by atoms with E-state index in [9.17, 15) is 4.79 Å². The first-order chi connectivity index (χ1) is 17.5. The molecule has 1 heterocycles. The Hall–Kier alpha value is -3.83. The first-order valence-electron chi connectivity index (χ1n) is 11.9. The van der Waals surface area contributed by atoms with E-state index in [0.29, 0.717) is 40.1 Å². The third-order valence-corrected chi connectivity index (χ3v) is 7.20. The van der Waals surface area contributed by atoms with Gasteiger partial charge in [0.2, 0.25) is 12.2 Å². The van der Waals surface area contributed by atoms with E-state index in [1.807, 2.05) is 42.6 Å². The Morgan fingerprint density at radius 3 is 2.56 bits per heavy atom. The fraction of sp³-hybridized carbons (Fsp3) is 0.333. The number of halogens is 1. The number of aryl methyl sites for hydroxylation is 1. The molecule has 1 saturated carbocycles. The maximum Gasteiger partial charge on any atom is 0.257 e. The van der Waals surface area contributed by atoms with Crippen LogP contribution in [0.3, 0.4) is 0 Å². The van der Waals surface area contributed by atoms with Gasteiger partial charge in [0.15, 0.2) is 0 Å². The van der Waals surface area contributed by atoms with E-state index in [1.54, 1.807) is 20.0 Å². The van der Waals surface area contributed by atoms with Crippen LogP contribution < -0.4 is 16.0 Å². The van der Waals surface area contributed by atoms with Crippen molar-refractivity contribution >= 4 is 23.5 Å². The minimum Gasteiger partial charge on any atom is -0.360 e. The molecule has 0 spiro atoms. The summed E-state index contributed by atoms with van der Waals surface area (Å²) in [5, 5.41) is 22.9. The Balaban J connectivity index is 1.54. The van der Waals surface area contributed by atoms with Gasteiger partial charge >= 0.3 is 0 Å². The van der Waals surface area contributed by atoms with Crippen molar-refractivity contribution in [2.24, 2.45) is 4.99 Å². The average Bonchev–Trinajstić information content (AvgIpc) is 3.29. The van der Waals surface area contributed by atoms with E-state index < -0.39 is 0 Å². The summed E-state index contributed by atoms with van der Waals surface area (Å²) in [6.45, 7) is 2.20. The highest BCUT2D eigenvalue weighted by Crippen LogP contribution is 2.39. The second-order valence-corrected chi connectivity index (χ2v) is 9.41. The minimum atomic E-state index is -0.238. The number of aromatic nitrogens is 1. The number of rotatable bonds is 6. The number of carbonyl (C=O) groups is 1. The molecule has 186 valence electrons. The van der Waals surface area contributed by atoms with Crippen LogP contribution in [0.4, 0.5) is 0 Å². The van der Waals surface area contributed by atoms with Gasteiger partial charge in [-0.05, 0) is 44.2 Å². The quantitative estimate of drug-likeness (QED) is 0.257. The summed E-state index contributed by atoms with van der Waals surface area (Å²) in [6.07, 6.45) is 5.27. The molecule has 1 amide bonds. The van der Waals surface area contributed by atoms with E-state index in [2.05, 4.69) is 38.2 Å². The van der Waals surface area contributed by atoms with E-state index in [0.717, 1.165) is 25.7 Å². The van der Waals surface area contributed by atoms with Gasteiger partial charge < -0.3 is 20.5 Å². The van der Waals surface area contributed by atoms with Crippen LogP contribution in [0.2, 0.25) is 5.02 Å². The highest BCUT2D eigenvalue weighted by Gasteiger charge is 2.38. The Morgan fingerprint density at radius 1 is 1.19 bits per heavy atom. The van der Waals surface area contributed by atoms with Crippen LogP contribution in [0.5, 0.6) is 0 Å². The van der Waals surface area contributed by atoms with Crippen LogP contribution in [0.25, 0.3) is 11.3 Å². The Kier molecular flexibility index (Phi) is 7.91. The normalized spacial score (nSPS) is 19.8. The van der Waals surface area contributed by atoms with Crippen molar-refractivity contribution in [3.8, 4) is 17.5 Å². The van der Waals surface area contributed by atoms with Crippen LogP contribution in [0.15, 0.2) is 64.1 Å². The van der Waals surface area contributed by atoms with Crippen LogP contribution >= 0.6 is 11.6 Å². The number of aliphatic imine (C=N–C) groups is 1. The van der Waals surface area contributed by atoms with Crippen molar-refractivity contribution in [1.82, 2.24) is 21.1 Å². The molecule has 1 fully saturated rings. The lowest BCUT2D eigenvalue weighted by molar-refractivity contribution is 0.0934. The number of guanidine groups is 1. The molecule has 0 saturated heterocycles. The van der Waals surface area contributed by atoms with Crippen LogP contribution in [0.1, 0.15) is 47.4 Å². The topological polar surface area (TPSA) is 115 Å². The van der Waals surface area contributed by atoms with Crippen molar-refractivity contribution in [3.05, 3.63) is 76.5 Å². The lowest BCUT2D eigenvalue weighted by atomic mass is 9.68. The molecule has 0 aliphatic heterocycles. The zero-order chi connectivity index (χ0) is 25.5. The van der Waals surface area contributed by atoms with E-state index in [4.69, 9.17) is 21.4 Å². The van der Waals surface area contributed by atoms with Gasteiger partial charge in [-0.25, -0.2) is 0 Å². The largest absolute Gasteiger partial charge is 0.360 e. The molecule has 36 heavy (non-hydrogen) atoms. The minimum absolute atomic E-state index is 0.184. The molecule has 2 aromatic carbocycles. The number of amides is 1. The highest BCUT2D eigenvalue weighted by atomic mass is 35.5. The zero-order valence-corrected chi connectivity index (χ0v) is 21.1. The lowest BCUT2D eigenvalue weighted by Crippen LogP contribution is -2.49. The first-order valence-corrected chi connectivity index (χ1v) is 12.3. The van der Waals surface area contributed by atoms with Crippen molar-refractivity contribution in [1.29, 1.82) is 5.26 Å². The smallest absolute Gasteiger partial charge is 0.257 e. The van der Waals surface area contributed by atoms with Gasteiger partial charge in [-0.2, -0.15) is 5.26 Å². The van der Waals surface area contributed by atoms with Crippen molar-refractivity contribution in [3.63, 3.8) is 0 Å². The summed E-state index contributed by atoms with van der Waals surface area (Å²) >= 11 is 6.38. The van der Waals surface area contributed by atoms with E-state index >= 15 is 0 Å². The number of nitrogens with zero attached hydrogens (tertiary/aromatic N) is 3. The molecule has 8 nitrogen and oxygen atoms in total. The third-order valence-electron chi connectivity index (χ3n) is 6.87. The maximum atomic E-state index is 13.4. The fourth-order valence-corrected chi connectivity index (χ4v) is 5.12. The van der Waals surface area contributed by atoms with Crippen LogP contribution in [-0.4, -0.2) is 36.7 Å². The summed E-state index contributed by atoms with van der Waals surface area (Å²) in [6, 6.07) is 17.8. The molecule has 3 aromatic rings. The summed E-state index contributed by atoms with van der Waals surface area (Å²) in [5.41, 5.74) is 2.46. The average molecular weight is 505 g/mol. The molecule has 1 aliphatic rings. The van der Waals surface area contributed by atoms with Gasteiger partial charge in [0.25, 0.3) is 5.91 Å². The van der Waals surface area contributed by atoms with Gasteiger partial charge in [-0.1, -0.05) is 65.3 Å². The molecule has 0 radical (unpaired) electrons. The lowest BCUT2D eigenvalue weighted by Gasteiger charge is -2.41. The molecule has 1 aromatic heterocycles. The monoisotopic (exact) mass is 504 g/mol. The van der Waals surface area contributed by atoms with Crippen molar-refractivity contribution in [2.75, 3.05) is 13.6 Å². The Labute approximate surface area is 215 Å². The molecule has 0 bridgehead atoms. The maximum absolute atomic E-state index is 13.4. The molecule has 4 rings (SSSR count). The number of hydrogen-bond acceptors (Lipinski definition) is 5. The van der Waals surface area contributed by atoms with Gasteiger partial charge in [-0.3, -0.25) is 4.79 Å². The molecule has 0 unspecified atom stereocenters. The van der Waals surface area contributed by atoms with Gasteiger partial charge in [0.1, 0.15) is 17.0 Å². The third kappa shape index (κ3) is 5.37. The summed E-state index contributed by atoms with van der Waals surface area (Å²) in [5.74, 6) is 0.677. The SMILES string of the molecule is CN/C(=N\C#N)N[C@H]1CC[C@](CNC(=O)c2c(-c3ccccc3Cl)noc2C)(c2ccccc2)CC1. The molecule has 9 heteroatoms. The zero-order valence-electron chi connectivity index (χ0n) is 20.3. The molecular weight excluding hydrogens is 476 g/mol. The predicted octanol–water partition coefficient (Wildman–Crippen LogP) is 4.56. The standard InChI is InChI=1S/C27H29ClN6O2/c1-18-23(24(34-36-18)21-10-6-7-11-22(21)28)25(35)31-16-27(19-8-4-3-5-9-19)14-12-20(13-15-27)33-26(30-2)32-17-29/h3-11,20H,12-16H2,1-2H3,(H,31,35)(H2,30,32,33)/t20-,27-. The number of nitriles is 1. The number of hydrogen-bond donors (Lipinski definition) is 3. The Bertz CT molecular complexity index is 1270. The fourth-order valence-electron chi connectivity index (χ4n) is 4.89. The van der Waals surface area contributed by atoms with Crippen molar-refractivity contribution < 1.29 is 9.32 Å². The summed E-state index contributed by atoms with van der Waals surface area (Å²) in [7, 11) is 1.74. The Morgan fingerprint density at radius 2 is 1.89 bits per heavy atom. The second-order valence-electron chi connectivity index (χ2n) is 9.00. The number of carbonyl (C=O) groups excluding carboxylic acids is 1. The van der Waals surface area contributed by atoms with Crippen molar-refractivity contribution in [2.45, 2.75) is 44.1 Å². The summed E-state index contributed by atoms with van der Waals surface area (Å²) < 4.78 is 5.39. The van der Waals surface area contributed by atoms with Gasteiger partial charge in [-0.15, -0.1) is 4.99 Å². The number of benzene rings is 2.